The Balaban J connectivity index is 1.43. The number of aromatic nitrogens is 6. The average Bonchev–Trinajstić information content (AvgIpc) is 3.51. The van der Waals surface area contributed by atoms with Crippen LogP contribution < -0.4 is 5.32 Å². The second kappa shape index (κ2) is 8.94. The van der Waals surface area contributed by atoms with Gasteiger partial charge in [0.25, 0.3) is 0 Å². The van der Waals surface area contributed by atoms with E-state index in [1.54, 1.807) is 31.7 Å². The van der Waals surface area contributed by atoms with Crippen LogP contribution in [-0.2, 0) is 4.79 Å². The van der Waals surface area contributed by atoms with Crippen molar-refractivity contribution in [2.45, 2.75) is 20.3 Å². The molecule has 1 aromatic carbocycles. The lowest BCUT2D eigenvalue weighted by molar-refractivity contribution is -0.115. The first-order valence-electron chi connectivity index (χ1n) is 11.8. The van der Waals surface area contributed by atoms with Crippen molar-refractivity contribution in [1.82, 2.24) is 30.1 Å². The molecule has 0 unspecified atom stereocenters. The van der Waals surface area contributed by atoms with Gasteiger partial charge < -0.3 is 10.3 Å². The van der Waals surface area contributed by atoms with Crippen LogP contribution in [0.2, 0.25) is 0 Å². The minimum atomic E-state index is -0.297. The average molecular weight is 492 g/mol. The summed E-state index contributed by atoms with van der Waals surface area (Å²) in [7, 11) is 0. The number of hydrogen-bond acceptors (Lipinski definition) is 5. The Hall–Kier alpha value is -4.92. The summed E-state index contributed by atoms with van der Waals surface area (Å²) in [5, 5.41) is 12.0. The normalized spacial score (nSPS) is 11.3. The molecule has 6 aromatic rings. The summed E-state index contributed by atoms with van der Waals surface area (Å²) in [6, 6.07) is 12.6. The predicted octanol–water partition coefficient (Wildman–Crippen LogP) is 6.03. The first-order chi connectivity index (χ1) is 18.0. The highest BCUT2D eigenvalue weighted by Crippen LogP contribution is 2.34. The SMILES string of the molecule is CCC(=O)Nc1cncc(-c2cnc3[nH]nc(-c4cc5c(-c6cc(C)cc(F)c6)nccc5[nH]4)c3c2)c1. The van der Waals surface area contributed by atoms with Crippen molar-refractivity contribution in [1.29, 1.82) is 0 Å². The quantitative estimate of drug-likeness (QED) is 0.273. The summed E-state index contributed by atoms with van der Waals surface area (Å²) >= 11 is 0. The number of nitrogens with one attached hydrogen (secondary N) is 3. The molecule has 0 radical (unpaired) electrons. The van der Waals surface area contributed by atoms with Crippen LogP contribution in [0.5, 0.6) is 0 Å². The number of anilines is 1. The zero-order valence-electron chi connectivity index (χ0n) is 20.1. The Morgan fingerprint density at radius 1 is 0.946 bits per heavy atom. The number of fused-ring (bicyclic) bond motifs is 2. The van der Waals surface area contributed by atoms with Crippen LogP contribution in [0.25, 0.3) is 55.7 Å². The molecule has 5 heterocycles. The van der Waals surface area contributed by atoms with Crippen molar-refractivity contribution >= 4 is 33.5 Å². The molecule has 0 aliphatic carbocycles. The van der Waals surface area contributed by atoms with E-state index in [9.17, 15) is 9.18 Å². The third-order valence-corrected chi connectivity index (χ3v) is 6.21. The summed E-state index contributed by atoms with van der Waals surface area (Å²) in [5.41, 5.74) is 7.50. The zero-order valence-corrected chi connectivity index (χ0v) is 20.1. The van der Waals surface area contributed by atoms with Crippen LogP contribution >= 0.6 is 0 Å². The third-order valence-electron chi connectivity index (χ3n) is 6.21. The number of carbonyl (C=O) groups excluding carboxylic acids is 1. The highest BCUT2D eigenvalue weighted by molar-refractivity contribution is 6.00. The number of benzene rings is 1. The molecule has 9 heteroatoms. The number of aryl methyl sites for hydroxylation is 1. The van der Waals surface area contributed by atoms with E-state index >= 15 is 0 Å². The largest absolute Gasteiger partial charge is 0.353 e. The summed E-state index contributed by atoms with van der Waals surface area (Å²) in [6.45, 7) is 3.66. The van der Waals surface area contributed by atoms with Gasteiger partial charge in [0, 0.05) is 58.0 Å². The second-order valence-electron chi connectivity index (χ2n) is 8.88. The lowest BCUT2D eigenvalue weighted by Crippen LogP contribution is -2.09. The third kappa shape index (κ3) is 4.20. The highest BCUT2D eigenvalue weighted by atomic mass is 19.1. The van der Waals surface area contributed by atoms with Gasteiger partial charge in [0.2, 0.25) is 5.91 Å². The van der Waals surface area contributed by atoms with Gasteiger partial charge in [-0.1, -0.05) is 6.92 Å². The number of H-pyrrole nitrogens is 2. The van der Waals surface area contributed by atoms with Crippen molar-refractivity contribution in [2.75, 3.05) is 5.32 Å². The van der Waals surface area contributed by atoms with Crippen molar-refractivity contribution in [3.05, 3.63) is 78.6 Å². The van der Waals surface area contributed by atoms with Gasteiger partial charge in [-0.05, 0) is 55.0 Å². The number of amides is 1. The maximum absolute atomic E-state index is 14.1. The maximum atomic E-state index is 14.1. The smallest absolute Gasteiger partial charge is 0.224 e. The maximum Gasteiger partial charge on any atom is 0.224 e. The van der Waals surface area contributed by atoms with Gasteiger partial charge in [0.1, 0.15) is 11.5 Å². The van der Waals surface area contributed by atoms with Crippen LogP contribution in [0.4, 0.5) is 10.1 Å². The zero-order chi connectivity index (χ0) is 25.5. The molecule has 0 fully saturated rings. The van der Waals surface area contributed by atoms with Crippen LogP contribution in [0.1, 0.15) is 18.9 Å². The molecule has 0 atom stereocenters. The minimum Gasteiger partial charge on any atom is -0.353 e. The molecule has 0 saturated heterocycles. The number of halogens is 1. The molecule has 0 spiro atoms. The van der Waals surface area contributed by atoms with Gasteiger partial charge in [-0.3, -0.25) is 19.9 Å². The van der Waals surface area contributed by atoms with E-state index in [-0.39, 0.29) is 11.7 Å². The van der Waals surface area contributed by atoms with Crippen molar-refractivity contribution in [3.8, 4) is 33.8 Å². The molecule has 6 rings (SSSR count). The Bertz CT molecular complexity index is 1780. The van der Waals surface area contributed by atoms with Crippen LogP contribution in [0, 0.1) is 12.7 Å². The Kier molecular flexibility index (Phi) is 5.45. The van der Waals surface area contributed by atoms with E-state index in [4.69, 9.17) is 0 Å². The fourth-order valence-corrected chi connectivity index (χ4v) is 4.47. The summed E-state index contributed by atoms with van der Waals surface area (Å²) in [6.07, 6.45) is 7.18. The van der Waals surface area contributed by atoms with Crippen molar-refractivity contribution in [3.63, 3.8) is 0 Å². The first kappa shape index (κ1) is 22.5. The van der Waals surface area contributed by atoms with E-state index in [0.717, 1.165) is 38.7 Å². The number of aromatic amines is 2. The fourth-order valence-electron chi connectivity index (χ4n) is 4.47. The number of nitrogens with zero attached hydrogens (tertiary/aromatic N) is 4. The van der Waals surface area contributed by atoms with E-state index in [1.165, 1.54) is 12.1 Å². The van der Waals surface area contributed by atoms with Crippen LogP contribution in [-0.4, -0.2) is 36.0 Å². The molecule has 5 aromatic heterocycles. The van der Waals surface area contributed by atoms with Crippen LogP contribution in [0.3, 0.4) is 0 Å². The van der Waals surface area contributed by atoms with Crippen LogP contribution in [0.15, 0.2) is 67.3 Å². The first-order valence-corrected chi connectivity index (χ1v) is 11.8. The Morgan fingerprint density at radius 2 is 1.81 bits per heavy atom. The lowest BCUT2D eigenvalue weighted by Gasteiger charge is -2.06. The number of hydrogen-bond donors (Lipinski definition) is 3. The van der Waals surface area contributed by atoms with E-state index in [2.05, 4.69) is 35.5 Å². The molecular formula is C28H22FN7O. The Morgan fingerprint density at radius 3 is 2.65 bits per heavy atom. The highest BCUT2D eigenvalue weighted by Gasteiger charge is 2.16. The predicted molar refractivity (Wildman–Crippen MR) is 141 cm³/mol. The molecule has 37 heavy (non-hydrogen) atoms. The molecule has 182 valence electrons. The minimum absolute atomic E-state index is 0.0780. The fraction of sp³-hybridized carbons (Fsp3) is 0.107. The number of rotatable bonds is 5. The Labute approximate surface area is 211 Å². The molecule has 0 aliphatic rings. The van der Waals surface area contributed by atoms with Gasteiger partial charge in [-0.2, -0.15) is 5.10 Å². The van der Waals surface area contributed by atoms with Gasteiger partial charge in [-0.15, -0.1) is 0 Å². The van der Waals surface area contributed by atoms with Crippen molar-refractivity contribution in [2.24, 2.45) is 0 Å². The van der Waals surface area contributed by atoms with Gasteiger partial charge in [-0.25, -0.2) is 9.37 Å². The van der Waals surface area contributed by atoms with E-state index in [1.807, 2.05) is 37.3 Å². The number of pyridine rings is 3. The summed E-state index contributed by atoms with van der Waals surface area (Å²) in [4.78, 5) is 28.6. The molecular weight excluding hydrogens is 469 g/mol. The van der Waals surface area contributed by atoms with Gasteiger partial charge in [0.15, 0.2) is 5.65 Å². The molecule has 0 saturated carbocycles. The monoisotopic (exact) mass is 491 g/mol. The number of carbonyl (C=O) groups is 1. The molecule has 3 N–H and O–H groups in total. The van der Waals surface area contributed by atoms with E-state index in [0.29, 0.717) is 34.7 Å². The molecule has 8 nitrogen and oxygen atoms in total. The molecule has 1 amide bonds. The standard InChI is InChI=1S/C28H22FN7O/c1-3-25(37)33-20-9-17(12-30-14-20)18-10-22-27(35-36-28(22)32-13-18)24-11-21-23(34-24)4-5-31-26(21)16-6-15(2)7-19(29)8-16/h4-14,34H,3H2,1-2H3,(H,33,37)(H,32,35,36). The van der Waals surface area contributed by atoms with Gasteiger partial charge in [0.05, 0.1) is 23.3 Å². The molecule has 0 aliphatic heterocycles. The van der Waals surface area contributed by atoms with Gasteiger partial charge >= 0.3 is 0 Å². The van der Waals surface area contributed by atoms with Crippen molar-refractivity contribution < 1.29 is 9.18 Å². The lowest BCUT2D eigenvalue weighted by atomic mass is 10.0. The second-order valence-corrected chi connectivity index (χ2v) is 8.88. The molecule has 0 bridgehead atoms. The topological polar surface area (TPSA) is 112 Å². The summed E-state index contributed by atoms with van der Waals surface area (Å²) in [5.74, 6) is -0.375. The summed E-state index contributed by atoms with van der Waals surface area (Å²) < 4.78 is 14.1. The van der Waals surface area contributed by atoms with E-state index < -0.39 is 0 Å².